The number of hydrogen-bond acceptors (Lipinski definition) is 15. The summed E-state index contributed by atoms with van der Waals surface area (Å²) in [7, 11) is -9.92. The first-order chi connectivity index (χ1) is 50.4. The van der Waals surface area contributed by atoms with Crippen LogP contribution in [0.5, 0.6) is 0 Å². The molecule has 0 heterocycles. The highest BCUT2D eigenvalue weighted by molar-refractivity contribution is 7.47. The van der Waals surface area contributed by atoms with Crippen molar-refractivity contribution in [3.8, 4) is 0 Å². The lowest BCUT2D eigenvalue weighted by Gasteiger charge is -2.21. The van der Waals surface area contributed by atoms with Crippen molar-refractivity contribution >= 4 is 39.5 Å². The normalized spacial score (nSPS) is 13.8. The lowest BCUT2D eigenvalue weighted by molar-refractivity contribution is -0.161. The molecule has 0 aliphatic rings. The van der Waals surface area contributed by atoms with Crippen LogP contribution in [0.3, 0.4) is 0 Å². The lowest BCUT2D eigenvalue weighted by atomic mass is 10.0. The van der Waals surface area contributed by atoms with E-state index in [0.717, 1.165) is 102 Å². The van der Waals surface area contributed by atoms with E-state index < -0.39 is 97.5 Å². The Bertz CT molecular complexity index is 1990. The molecule has 0 amide bonds. The van der Waals surface area contributed by atoms with Crippen molar-refractivity contribution in [2.75, 3.05) is 39.6 Å². The highest BCUT2D eigenvalue weighted by Gasteiger charge is 2.30. The number of carbonyl (C=O) groups is 4. The molecule has 19 heteroatoms. The molecule has 0 fully saturated rings. The number of carbonyl (C=O) groups excluding carboxylic acids is 4. The van der Waals surface area contributed by atoms with Crippen LogP contribution < -0.4 is 0 Å². The number of unbranched alkanes of at least 4 members (excludes halogenated alkanes) is 54. The van der Waals surface area contributed by atoms with Gasteiger partial charge < -0.3 is 33.8 Å². The van der Waals surface area contributed by atoms with Crippen LogP contribution in [0.25, 0.3) is 0 Å². The number of phosphoric ester groups is 2. The molecule has 0 aromatic carbocycles. The maximum Gasteiger partial charge on any atom is 0.472 e. The van der Waals surface area contributed by atoms with Gasteiger partial charge in [-0.15, -0.1) is 0 Å². The van der Waals surface area contributed by atoms with Gasteiger partial charge in [-0.1, -0.05) is 401 Å². The van der Waals surface area contributed by atoms with Crippen molar-refractivity contribution in [3.05, 3.63) is 0 Å². The van der Waals surface area contributed by atoms with E-state index in [0.29, 0.717) is 31.6 Å². The minimum atomic E-state index is -4.96. The zero-order chi connectivity index (χ0) is 76.4. The maximum atomic E-state index is 13.1. The van der Waals surface area contributed by atoms with Crippen LogP contribution in [-0.4, -0.2) is 96.7 Å². The molecule has 618 valence electrons. The number of esters is 4. The molecule has 17 nitrogen and oxygen atoms in total. The van der Waals surface area contributed by atoms with Crippen molar-refractivity contribution in [3.63, 3.8) is 0 Å². The molecule has 0 spiro atoms. The fraction of sp³-hybridized carbons (Fsp3) is 0.953. The van der Waals surface area contributed by atoms with Gasteiger partial charge in [0.15, 0.2) is 12.2 Å². The Morgan fingerprint density at radius 3 is 0.654 bits per heavy atom. The quantitative estimate of drug-likeness (QED) is 0.0222. The fourth-order valence-corrected chi connectivity index (χ4v) is 14.8. The Morgan fingerprint density at radius 2 is 0.442 bits per heavy atom. The second-order valence-electron chi connectivity index (χ2n) is 31.5. The minimum absolute atomic E-state index is 0.107. The topological polar surface area (TPSA) is 237 Å². The summed E-state index contributed by atoms with van der Waals surface area (Å²) < 4.78 is 68.8. The monoisotopic (exact) mass is 1520 g/mol. The van der Waals surface area contributed by atoms with E-state index in [9.17, 15) is 43.2 Å². The first-order valence-electron chi connectivity index (χ1n) is 44.0. The molecular formula is C85H166O17P2. The minimum Gasteiger partial charge on any atom is -0.462 e. The number of rotatable bonds is 84. The molecule has 0 aliphatic heterocycles. The summed E-state index contributed by atoms with van der Waals surface area (Å²) in [6, 6.07) is 0. The van der Waals surface area contributed by atoms with E-state index in [1.165, 1.54) is 263 Å². The third-order valence-corrected chi connectivity index (χ3v) is 21.9. The number of aliphatic hydroxyl groups is 1. The predicted octanol–water partition coefficient (Wildman–Crippen LogP) is 25.8. The summed E-state index contributed by atoms with van der Waals surface area (Å²) in [4.78, 5) is 73.1. The van der Waals surface area contributed by atoms with Crippen molar-refractivity contribution < 1.29 is 80.2 Å². The van der Waals surface area contributed by atoms with Gasteiger partial charge in [-0.2, -0.15) is 0 Å². The van der Waals surface area contributed by atoms with Gasteiger partial charge >= 0.3 is 39.5 Å². The van der Waals surface area contributed by atoms with Gasteiger partial charge in [0.1, 0.15) is 19.3 Å². The molecule has 0 saturated carbocycles. The predicted molar refractivity (Wildman–Crippen MR) is 428 cm³/mol. The van der Waals surface area contributed by atoms with Crippen molar-refractivity contribution in [1.82, 2.24) is 0 Å². The molecule has 0 saturated heterocycles. The summed E-state index contributed by atoms with van der Waals surface area (Å²) in [6.45, 7) is 9.61. The van der Waals surface area contributed by atoms with Gasteiger partial charge in [-0.05, 0) is 37.5 Å². The first-order valence-corrected chi connectivity index (χ1v) is 47.0. The third-order valence-electron chi connectivity index (χ3n) is 20.0. The van der Waals surface area contributed by atoms with Crippen LogP contribution in [0, 0.1) is 11.8 Å². The van der Waals surface area contributed by atoms with Gasteiger partial charge in [0, 0.05) is 25.7 Å². The second kappa shape index (κ2) is 76.4. The zero-order valence-electron chi connectivity index (χ0n) is 68.3. The summed E-state index contributed by atoms with van der Waals surface area (Å²) in [6.07, 6.45) is 68.3. The Labute approximate surface area is 638 Å². The summed E-state index contributed by atoms with van der Waals surface area (Å²) in [5, 5.41) is 10.7. The van der Waals surface area contributed by atoms with E-state index in [4.69, 9.17) is 37.0 Å². The van der Waals surface area contributed by atoms with Gasteiger partial charge in [0.2, 0.25) is 0 Å². The standard InChI is InChI=1S/C85H166O17P2/c1-7-9-11-13-15-17-19-21-23-24-25-26-27-28-29-34-38-42-46-50-58-64-70-84(89)101-80(73-95-82(87)67-61-55-48-44-40-37-33-31-30-32-35-39-43-47-53-59-65-77(3)4)75-99-103(91,92)97-71-79(86)72-98-104(93,94)100-76-81(74-96-83(88)68-62-56-52-51-54-60-66-78(5)6)102-85(90)69-63-57-49-45-41-36-22-20-18-16-14-12-10-8-2/h77-81,86H,7-76H2,1-6H3,(H,91,92)(H,93,94)/t79-,80-,81-/m1/s1. The lowest BCUT2D eigenvalue weighted by Crippen LogP contribution is -2.30. The summed E-state index contributed by atoms with van der Waals surface area (Å²) in [5.41, 5.74) is 0. The zero-order valence-corrected chi connectivity index (χ0v) is 70.1. The largest absolute Gasteiger partial charge is 0.472 e. The fourth-order valence-electron chi connectivity index (χ4n) is 13.2. The average molecular weight is 1520 g/mol. The van der Waals surface area contributed by atoms with E-state index in [-0.39, 0.29) is 25.7 Å². The van der Waals surface area contributed by atoms with Crippen LogP contribution >= 0.6 is 15.6 Å². The molecular weight excluding hydrogens is 1350 g/mol. The Morgan fingerprint density at radius 1 is 0.260 bits per heavy atom. The van der Waals surface area contributed by atoms with Gasteiger partial charge in [-0.25, -0.2) is 9.13 Å². The number of aliphatic hydroxyl groups excluding tert-OH is 1. The van der Waals surface area contributed by atoms with E-state index in [1.807, 2.05) is 0 Å². The van der Waals surface area contributed by atoms with Crippen LogP contribution in [0.2, 0.25) is 0 Å². The summed E-state index contributed by atoms with van der Waals surface area (Å²) in [5.74, 6) is -0.614. The molecule has 0 aliphatic carbocycles. The summed E-state index contributed by atoms with van der Waals surface area (Å²) >= 11 is 0. The third kappa shape index (κ3) is 78.2. The van der Waals surface area contributed by atoms with Gasteiger partial charge in [0.05, 0.1) is 26.4 Å². The Hall–Kier alpha value is -1.94. The number of hydrogen-bond donors (Lipinski definition) is 3. The molecule has 0 rings (SSSR count). The van der Waals surface area contributed by atoms with Crippen molar-refractivity contribution in [2.45, 2.75) is 471 Å². The molecule has 2 unspecified atom stereocenters. The Kier molecular flexibility index (Phi) is 75.0. The highest BCUT2D eigenvalue weighted by Crippen LogP contribution is 2.45. The number of ether oxygens (including phenoxy) is 4. The molecule has 0 aromatic rings. The molecule has 0 radical (unpaired) electrons. The van der Waals surface area contributed by atoms with E-state index >= 15 is 0 Å². The van der Waals surface area contributed by atoms with Gasteiger partial charge in [0.25, 0.3) is 0 Å². The average Bonchev–Trinajstić information content (AvgIpc) is 0.904. The number of phosphoric acid groups is 2. The molecule has 5 atom stereocenters. The van der Waals surface area contributed by atoms with Crippen molar-refractivity contribution in [1.29, 1.82) is 0 Å². The SMILES string of the molecule is CCCCCCCCCCCCCCCCCCCCCCCCC(=O)O[C@H](COC(=O)CCCCCCCCCCCCCCCCCCC(C)C)COP(=O)(O)OC[C@@H](O)COP(=O)(O)OC[C@@H](COC(=O)CCCCCCCCC(C)C)OC(=O)CCCCCCCCCCCCCCCC. The molecule has 0 bridgehead atoms. The van der Waals surface area contributed by atoms with Crippen LogP contribution in [0.1, 0.15) is 452 Å². The molecule has 104 heavy (non-hydrogen) atoms. The smallest absolute Gasteiger partial charge is 0.462 e. The van der Waals surface area contributed by atoms with E-state index in [2.05, 4.69) is 41.5 Å². The maximum absolute atomic E-state index is 13.1. The van der Waals surface area contributed by atoms with Crippen LogP contribution in [-0.2, 0) is 65.4 Å². The first kappa shape index (κ1) is 102. The van der Waals surface area contributed by atoms with Gasteiger partial charge in [-0.3, -0.25) is 37.3 Å². The second-order valence-corrected chi connectivity index (χ2v) is 34.4. The highest BCUT2D eigenvalue weighted by atomic mass is 31.2. The van der Waals surface area contributed by atoms with E-state index in [1.54, 1.807) is 0 Å². The van der Waals surface area contributed by atoms with Crippen molar-refractivity contribution in [2.24, 2.45) is 11.8 Å². The van der Waals surface area contributed by atoms with Crippen LogP contribution in [0.4, 0.5) is 0 Å². The molecule has 3 N–H and O–H groups in total. The van der Waals surface area contributed by atoms with Crippen LogP contribution in [0.15, 0.2) is 0 Å². The Balaban J connectivity index is 5.20. The molecule has 0 aromatic heterocycles.